The molecule has 234 valence electrons. The minimum atomic E-state index is 0.620. The second-order valence-corrected chi connectivity index (χ2v) is 13.5. The van der Waals surface area contributed by atoms with E-state index in [0.29, 0.717) is 5.82 Å². The predicted molar refractivity (Wildman–Crippen MR) is 207 cm³/mol. The monoisotopic (exact) mass is 657 g/mol. The van der Waals surface area contributed by atoms with E-state index < -0.39 is 0 Å². The normalized spacial score (nSPS) is 11.6. The van der Waals surface area contributed by atoms with Crippen LogP contribution in [0.1, 0.15) is 0 Å². The Labute approximate surface area is 292 Å². The molecule has 0 atom stereocenters. The molecule has 0 N–H and O–H groups in total. The lowest BCUT2D eigenvalue weighted by Crippen LogP contribution is -1.96. The lowest BCUT2D eigenvalue weighted by atomic mass is 9.95. The average Bonchev–Trinajstić information content (AvgIpc) is 3.77. The number of thiophene rings is 1. The molecule has 0 radical (unpaired) electrons. The molecular formula is C45H27N3OS. The van der Waals surface area contributed by atoms with E-state index in [9.17, 15) is 0 Å². The summed E-state index contributed by atoms with van der Waals surface area (Å²) in [6, 6.07) is 53.0. The fourth-order valence-electron chi connectivity index (χ4n) is 6.99. The van der Waals surface area contributed by atoms with Gasteiger partial charge in [0.1, 0.15) is 11.2 Å². The summed E-state index contributed by atoms with van der Waals surface area (Å²) in [6.45, 7) is 0. The van der Waals surface area contributed by atoms with Gasteiger partial charge in [-0.15, -0.1) is 11.3 Å². The van der Waals surface area contributed by atoms with Crippen molar-refractivity contribution in [3.63, 3.8) is 0 Å². The second kappa shape index (κ2) is 11.6. The van der Waals surface area contributed by atoms with E-state index in [0.717, 1.165) is 72.3 Å². The number of hydrogen-bond acceptors (Lipinski definition) is 5. The number of benzene rings is 6. The summed E-state index contributed by atoms with van der Waals surface area (Å²) in [6.07, 6.45) is 3.64. The molecule has 10 rings (SSSR count). The zero-order valence-electron chi connectivity index (χ0n) is 26.7. The highest BCUT2D eigenvalue weighted by atomic mass is 32.1. The Balaban J connectivity index is 1.18. The van der Waals surface area contributed by atoms with Gasteiger partial charge in [-0.05, 0) is 70.8 Å². The zero-order chi connectivity index (χ0) is 33.0. The first-order valence-electron chi connectivity index (χ1n) is 16.6. The maximum Gasteiger partial charge on any atom is 0.164 e. The van der Waals surface area contributed by atoms with E-state index in [4.69, 9.17) is 14.4 Å². The van der Waals surface area contributed by atoms with Gasteiger partial charge >= 0.3 is 0 Å². The molecule has 10 aromatic rings. The maximum absolute atomic E-state index is 6.72. The Morgan fingerprint density at radius 2 is 1.06 bits per heavy atom. The lowest BCUT2D eigenvalue weighted by Gasteiger charge is -2.12. The van der Waals surface area contributed by atoms with Gasteiger partial charge in [0.25, 0.3) is 0 Å². The van der Waals surface area contributed by atoms with Gasteiger partial charge in [0.15, 0.2) is 5.82 Å². The smallest absolute Gasteiger partial charge is 0.164 e. The average molecular weight is 658 g/mol. The number of fused-ring (bicyclic) bond motifs is 6. The fraction of sp³-hybridized carbons (Fsp3) is 0. The van der Waals surface area contributed by atoms with Crippen LogP contribution >= 0.6 is 11.3 Å². The number of nitrogens with zero attached hydrogens (tertiary/aromatic N) is 3. The highest BCUT2D eigenvalue weighted by molar-refractivity contribution is 7.25. The lowest BCUT2D eigenvalue weighted by molar-refractivity contribution is 0.669. The Morgan fingerprint density at radius 3 is 1.88 bits per heavy atom. The van der Waals surface area contributed by atoms with Crippen molar-refractivity contribution in [2.45, 2.75) is 0 Å². The van der Waals surface area contributed by atoms with Crippen molar-refractivity contribution < 1.29 is 4.42 Å². The maximum atomic E-state index is 6.72. The van der Waals surface area contributed by atoms with Crippen LogP contribution in [0, 0.1) is 0 Å². The number of hydrogen-bond donors (Lipinski definition) is 0. The Hall–Kier alpha value is -6.43. The van der Waals surface area contributed by atoms with E-state index >= 15 is 0 Å². The van der Waals surface area contributed by atoms with E-state index in [2.05, 4.69) is 114 Å². The van der Waals surface area contributed by atoms with Crippen LogP contribution in [0.3, 0.4) is 0 Å². The summed E-state index contributed by atoms with van der Waals surface area (Å²) in [5.74, 6) is 0.620. The third-order valence-electron chi connectivity index (χ3n) is 9.44. The Bertz CT molecular complexity index is 2860. The molecule has 0 aliphatic heterocycles. The quantitative estimate of drug-likeness (QED) is 0.185. The summed E-state index contributed by atoms with van der Waals surface area (Å²) < 4.78 is 9.30. The van der Waals surface area contributed by atoms with Crippen LogP contribution in [0.15, 0.2) is 168 Å². The molecule has 4 aromatic heterocycles. The standard InChI is InChI=1S/C45H27N3OS/c1-2-8-30(9-3-1)38-27-39(31-16-14-28(15-17-31)29-22-24-46-25-23-29)48-45(47-38)36-20-19-33(43-35-11-4-6-12-40(35)49-44(36)43)32-18-21-42-37(26-32)34-10-5-7-13-41(34)50-42/h1-27H. The summed E-state index contributed by atoms with van der Waals surface area (Å²) in [5.41, 5.74) is 10.7. The first-order chi connectivity index (χ1) is 24.8. The van der Waals surface area contributed by atoms with Crippen LogP contribution in [0.5, 0.6) is 0 Å². The summed E-state index contributed by atoms with van der Waals surface area (Å²) >= 11 is 1.83. The summed E-state index contributed by atoms with van der Waals surface area (Å²) in [4.78, 5) is 14.6. The summed E-state index contributed by atoms with van der Waals surface area (Å²) in [7, 11) is 0. The van der Waals surface area contributed by atoms with Gasteiger partial charge in [0.2, 0.25) is 0 Å². The molecule has 6 aromatic carbocycles. The van der Waals surface area contributed by atoms with Crippen molar-refractivity contribution in [1.29, 1.82) is 0 Å². The van der Waals surface area contributed by atoms with Gasteiger partial charge < -0.3 is 4.42 Å². The van der Waals surface area contributed by atoms with Gasteiger partial charge in [-0.25, -0.2) is 9.97 Å². The molecule has 0 saturated heterocycles. The van der Waals surface area contributed by atoms with Gasteiger partial charge in [-0.1, -0.05) is 103 Å². The van der Waals surface area contributed by atoms with Crippen LogP contribution in [-0.2, 0) is 0 Å². The van der Waals surface area contributed by atoms with Crippen molar-refractivity contribution in [1.82, 2.24) is 15.0 Å². The van der Waals surface area contributed by atoms with Gasteiger partial charge in [-0.3, -0.25) is 4.98 Å². The zero-order valence-corrected chi connectivity index (χ0v) is 27.6. The summed E-state index contributed by atoms with van der Waals surface area (Å²) in [5, 5.41) is 4.69. The van der Waals surface area contributed by atoms with Gasteiger partial charge in [-0.2, -0.15) is 0 Å². The molecule has 0 saturated carbocycles. The minimum Gasteiger partial charge on any atom is -0.455 e. The first kappa shape index (κ1) is 28.6. The van der Waals surface area contributed by atoms with Crippen LogP contribution in [0.2, 0.25) is 0 Å². The fourth-order valence-corrected chi connectivity index (χ4v) is 8.08. The predicted octanol–water partition coefficient (Wildman–Crippen LogP) is 12.5. The molecule has 0 bridgehead atoms. The van der Waals surface area contributed by atoms with Crippen molar-refractivity contribution in [2.75, 3.05) is 0 Å². The molecule has 0 spiro atoms. The van der Waals surface area contributed by atoms with Gasteiger partial charge in [0, 0.05) is 54.5 Å². The largest absolute Gasteiger partial charge is 0.455 e. The second-order valence-electron chi connectivity index (χ2n) is 12.4. The molecular weight excluding hydrogens is 631 g/mol. The minimum absolute atomic E-state index is 0.620. The number of pyridine rings is 1. The van der Waals surface area contributed by atoms with E-state index in [1.165, 1.54) is 20.2 Å². The van der Waals surface area contributed by atoms with Crippen molar-refractivity contribution in [3.8, 4) is 56.2 Å². The molecule has 4 nitrogen and oxygen atoms in total. The SMILES string of the molecule is c1ccc(-c2cc(-c3ccc(-c4ccncc4)cc3)nc(-c3ccc(-c4ccc5sc6ccccc6c5c4)c4c3oc3ccccc34)n2)cc1. The van der Waals surface area contributed by atoms with Crippen molar-refractivity contribution >= 4 is 53.4 Å². The van der Waals surface area contributed by atoms with E-state index in [-0.39, 0.29) is 0 Å². The molecule has 0 unspecified atom stereocenters. The van der Waals surface area contributed by atoms with Crippen LogP contribution in [0.25, 0.3) is 98.3 Å². The first-order valence-corrected chi connectivity index (χ1v) is 17.4. The number of rotatable bonds is 5. The van der Waals surface area contributed by atoms with Crippen LogP contribution < -0.4 is 0 Å². The van der Waals surface area contributed by atoms with Crippen LogP contribution in [-0.4, -0.2) is 15.0 Å². The molecule has 0 fully saturated rings. The number of para-hydroxylation sites is 1. The number of furan rings is 1. The molecule has 0 amide bonds. The van der Waals surface area contributed by atoms with E-state index in [1.807, 2.05) is 66.2 Å². The highest BCUT2D eigenvalue weighted by Crippen LogP contribution is 2.43. The van der Waals surface area contributed by atoms with Crippen molar-refractivity contribution in [3.05, 3.63) is 164 Å². The Morgan fingerprint density at radius 1 is 0.440 bits per heavy atom. The topological polar surface area (TPSA) is 51.8 Å². The molecule has 5 heteroatoms. The number of aromatic nitrogens is 3. The molecule has 0 aliphatic rings. The molecule has 4 heterocycles. The Kier molecular flexibility index (Phi) is 6.64. The highest BCUT2D eigenvalue weighted by Gasteiger charge is 2.20. The third-order valence-corrected chi connectivity index (χ3v) is 10.6. The van der Waals surface area contributed by atoms with Crippen molar-refractivity contribution in [2.24, 2.45) is 0 Å². The molecule has 50 heavy (non-hydrogen) atoms. The van der Waals surface area contributed by atoms with Crippen LogP contribution in [0.4, 0.5) is 0 Å². The van der Waals surface area contributed by atoms with E-state index in [1.54, 1.807) is 0 Å². The molecule has 0 aliphatic carbocycles. The van der Waals surface area contributed by atoms with Gasteiger partial charge in [0.05, 0.1) is 17.0 Å². The third kappa shape index (κ3) is 4.79.